The predicted octanol–water partition coefficient (Wildman–Crippen LogP) is 1.12. The maximum Gasteiger partial charge on any atom is 0.419 e. The fourth-order valence-corrected chi connectivity index (χ4v) is 1.21. The van der Waals surface area contributed by atoms with Crippen LogP contribution in [-0.2, 0) is 19.1 Å². The highest BCUT2D eigenvalue weighted by molar-refractivity contribution is 5.89. The Morgan fingerprint density at radius 2 is 1.55 bits per heavy atom. The molecule has 0 spiro atoms. The van der Waals surface area contributed by atoms with Gasteiger partial charge in [0.25, 0.3) is 0 Å². The Morgan fingerprint density at radius 1 is 1.05 bits per heavy atom. The maximum absolute atomic E-state index is 12.6. The summed E-state index contributed by atoms with van der Waals surface area (Å²) >= 11 is 0. The van der Waals surface area contributed by atoms with Crippen LogP contribution in [0.4, 0.5) is 18.0 Å². The van der Waals surface area contributed by atoms with Crippen molar-refractivity contribution >= 4 is 18.0 Å². The molecule has 2 atom stereocenters. The summed E-state index contributed by atoms with van der Waals surface area (Å²) in [5.41, 5.74) is -0.833. The van der Waals surface area contributed by atoms with Crippen LogP contribution in [0.15, 0.2) is 0 Å². The summed E-state index contributed by atoms with van der Waals surface area (Å²) in [4.78, 5) is 34.1. The van der Waals surface area contributed by atoms with Crippen molar-refractivity contribution in [2.75, 3.05) is 7.11 Å². The van der Waals surface area contributed by atoms with E-state index in [2.05, 4.69) is 10.1 Å². The van der Waals surface area contributed by atoms with Crippen LogP contribution >= 0.6 is 0 Å². The number of alkyl halides is 3. The summed E-state index contributed by atoms with van der Waals surface area (Å²) in [6.07, 6.45) is -5.99. The number of amides is 2. The third-order valence-corrected chi connectivity index (χ3v) is 2.18. The number of ether oxygens (including phenoxy) is 2. The number of esters is 1. The van der Waals surface area contributed by atoms with Crippen molar-refractivity contribution in [1.29, 1.82) is 0 Å². The summed E-state index contributed by atoms with van der Waals surface area (Å²) in [7, 11) is 0.760. The lowest BCUT2D eigenvalue weighted by Crippen LogP contribution is -2.56. The number of hydrogen-bond donors (Lipinski definition) is 2. The van der Waals surface area contributed by atoms with Crippen molar-refractivity contribution in [2.24, 2.45) is 0 Å². The molecule has 0 fully saturated rings. The molecule has 2 N–H and O–H groups in total. The first-order valence-corrected chi connectivity index (χ1v) is 6.22. The van der Waals surface area contributed by atoms with Crippen molar-refractivity contribution in [1.82, 2.24) is 10.6 Å². The molecule has 0 rings (SSSR count). The Balaban J connectivity index is 4.75. The van der Waals surface area contributed by atoms with Gasteiger partial charge in [-0.2, -0.15) is 13.2 Å². The molecular formula is C12H19F3N2O5. The summed E-state index contributed by atoms with van der Waals surface area (Å²) in [5, 5.41) is 3.52. The molecule has 0 aromatic rings. The van der Waals surface area contributed by atoms with Gasteiger partial charge < -0.3 is 20.1 Å². The number of carbonyl (C=O) groups excluding carboxylic acids is 3. The van der Waals surface area contributed by atoms with E-state index >= 15 is 0 Å². The SMILES string of the molecule is COC(=O)C(NC(=O)[C@H](C)NC(=O)OC(C)(C)C)C(F)(F)F. The van der Waals surface area contributed by atoms with Crippen molar-refractivity contribution in [3.63, 3.8) is 0 Å². The van der Waals surface area contributed by atoms with Crippen molar-refractivity contribution < 1.29 is 37.0 Å². The Hall–Kier alpha value is -2.00. The van der Waals surface area contributed by atoms with Crippen LogP contribution in [0.2, 0.25) is 0 Å². The fraction of sp³-hybridized carbons (Fsp3) is 0.750. The van der Waals surface area contributed by atoms with E-state index in [4.69, 9.17) is 4.74 Å². The molecule has 128 valence electrons. The molecule has 0 bridgehead atoms. The number of carbonyl (C=O) groups is 3. The molecule has 0 radical (unpaired) electrons. The van der Waals surface area contributed by atoms with Gasteiger partial charge in [-0.25, -0.2) is 9.59 Å². The van der Waals surface area contributed by atoms with Gasteiger partial charge in [-0.3, -0.25) is 4.79 Å². The number of nitrogens with one attached hydrogen (secondary N) is 2. The van der Waals surface area contributed by atoms with Gasteiger partial charge in [-0.15, -0.1) is 0 Å². The quantitative estimate of drug-likeness (QED) is 0.754. The lowest BCUT2D eigenvalue weighted by molar-refractivity contribution is -0.184. The zero-order valence-electron chi connectivity index (χ0n) is 12.8. The highest BCUT2D eigenvalue weighted by Gasteiger charge is 2.47. The first-order valence-electron chi connectivity index (χ1n) is 6.22. The molecule has 0 heterocycles. The van der Waals surface area contributed by atoms with Crippen molar-refractivity contribution in [3.05, 3.63) is 0 Å². The smallest absolute Gasteiger partial charge is 0.419 e. The Kier molecular flexibility index (Phi) is 6.65. The third-order valence-electron chi connectivity index (χ3n) is 2.18. The number of rotatable bonds is 4. The molecule has 22 heavy (non-hydrogen) atoms. The van der Waals surface area contributed by atoms with E-state index < -0.39 is 41.8 Å². The minimum absolute atomic E-state index is 0.760. The van der Waals surface area contributed by atoms with E-state index in [1.165, 1.54) is 5.32 Å². The monoisotopic (exact) mass is 328 g/mol. The van der Waals surface area contributed by atoms with Crippen LogP contribution in [0, 0.1) is 0 Å². The molecule has 0 aromatic heterocycles. The van der Waals surface area contributed by atoms with Crippen LogP contribution in [0.3, 0.4) is 0 Å². The number of hydrogen-bond acceptors (Lipinski definition) is 5. The van der Waals surface area contributed by atoms with Crippen LogP contribution in [0.25, 0.3) is 0 Å². The van der Waals surface area contributed by atoms with Gasteiger partial charge >= 0.3 is 18.2 Å². The Bertz CT molecular complexity index is 431. The van der Waals surface area contributed by atoms with Gasteiger partial charge in [-0.1, -0.05) is 0 Å². The molecule has 0 aliphatic heterocycles. The minimum Gasteiger partial charge on any atom is -0.467 e. The molecule has 0 aromatic carbocycles. The average molecular weight is 328 g/mol. The summed E-state index contributed by atoms with van der Waals surface area (Å²) in [6.45, 7) is 5.88. The summed E-state index contributed by atoms with van der Waals surface area (Å²) in [5.74, 6) is -2.87. The average Bonchev–Trinajstić information content (AvgIpc) is 2.30. The number of alkyl carbamates (subject to hydrolysis) is 1. The van der Waals surface area contributed by atoms with E-state index in [1.54, 1.807) is 20.8 Å². The van der Waals surface area contributed by atoms with Gasteiger partial charge in [0.05, 0.1) is 7.11 Å². The highest BCUT2D eigenvalue weighted by Crippen LogP contribution is 2.21. The molecule has 0 saturated carbocycles. The normalized spacial score (nSPS) is 14.5. The van der Waals surface area contributed by atoms with Gasteiger partial charge in [0.1, 0.15) is 11.6 Å². The highest BCUT2D eigenvalue weighted by atomic mass is 19.4. The largest absolute Gasteiger partial charge is 0.467 e. The minimum atomic E-state index is -5.02. The molecule has 7 nitrogen and oxygen atoms in total. The molecular weight excluding hydrogens is 309 g/mol. The first kappa shape index (κ1) is 20.0. The second kappa shape index (κ2) is 7.32. The number of methoxy groups -OCH3 is 1. The van der Waals surface area contributed by atoms with E-state index in [9.17, 15) is 27.6 Å². The van der Waals surface area contributed by atoms with Crippen LogP contribution < -0.4 is 10.6 Å². The summed E-state index contributed by atoms with van der Waals surface area (Å²) in [6, 6.07) is -4.16. The van der Waals surface area contributed by atoms with E-state index in [-0.39, 0.29) is 0 Å². The predicted molar refractivity (Wildman–Crippen MR) is 68.8 cm³/mol. The first-order chi connectivity index (χ1) is 9.77. The zero-order chi connectivity index (χ0) is 17.7. The van der Waals surface area contributed by atoms with Gasteiger partial charge in [-0.05, 0) is 27.7 Å². The molecule has 10 heteroatoms. The van der Waals surface area contributed by atoms with Crippen LogP contribution in [-0.4, -0.2) is 48.9 Å². The van der Waals surface area contributed by atoms with Gasteiger partial charge in [0.15, 0.2) is 0 Å². The maximum atomic E-state index is 12.6. The third kappa shape index (κ3) is 7.14. The Labute approximate surface area is 125 Å². The number of halogens is 3. The molecule has 0 saturated heterocycles. The lowest BCUT2D eigenvalue weighted by Gasteiger charge is -2.23. The van der Waals surface area contributed by atoms with E-state index in [0.717, 1.165) is 14.0 Å². The van der Waals surface area contributed by atoms with Gasteiger partial charge in [0.2, 0.25) is 11.9 Å². The van der Waals surface area contributed by atoms with Crippen molar-refractivity contribution in [3.8, 4) is 0 Å². The second-order valence-corrected chi connectivity index (χ2v) is 5.37. The topological polar surface area (TPSA) is 93.7 Å². The van der Waals surface area contributed by atoms with Crippen LogP contribution in [0.5, 0.6) is 0 Å². The molecule has 1 unspecified atom stereocenters. The lowest BCUT2D eigenvalue weighted by atomic mass is 10.2. The molecule has 2 amide bonds. The van der Waals surface area contributed by atoms with E-state index in [1.807, 2.05) is 0 Å². The standard InChI is InChI=1S/C12H19F3N2O5/c1-6(16-10(20)22-11(2,3)4)8(18)17-7(9(19)21-5)12(13,14)15/h6-7H,1-5H3,(H,16,20)(H,17,18)/t6-,7?/m0/s1. The fourth-order valence-electron chi connectivity index (χ4n) is 1.21. The van der Waals surface area contributed by atoms with Crippen LogP contribution in [0.1, 0.15) is 27.7 Å². The summed E-state index contributed by atoms with van der Waals surface area (Å²) < 4.78 is 46.8. The Morgan fingerprint density at radius 3 is 1.91 bits per heavy atom. The molecule has 0 aliphatic rings. The zero-order valence-corrected chi connectivity index (χ0v) is 12.8. The molecule has 0 aliphatic carbocycles. The van der Waals surface area contributed by atoms with Gasteiger partial charge in [0, 0.05) is 0 Å². The van der Waals surface area contributed by atoms with Crippen molar-refractivity contribution in [2.45, 2.75) is 51.6 Å². The second-order valence-electron chi connectivity index (χ2n) is 5.37. The van der Waals surface area contributed by atoms with E-state index in [0.29, 0.717) is 0 Å².